The van der Waals surface area contributed by atoms with Gasteiger partial charge in [-0.05, 0) is 23.1 Å². The molecule has 0 aliphatic carbocycles. The lowest BCUT2D eigenvalue weighted by atomic mass is 10.2. The highest BCUT2D eigenvalue weighted by atomic mass is 35.5. The van der Waals surface area contributed by atoms with Crippen LogP contribution in [0.15, 0.2) is 52.0 Å². The molecule has 0 radical (unpaired) electrons. The molecule has 0 spiro atoms. The molecule has 6 nitrogen and oxygen atoms in total. The number of nitrogens with one attached hydrogen (secondary N) is 1. The maximum atomic E-state index is 6.13. The van der Waals surface area contributed by atoms with Crippen LogP contribution >= 0.6 is 34.7 Å². The highest BCUT2D eigenvalue weighted by molar-refractivity contribution is 7.98. The average molecular weight is 365 g/mol. The molecule has 3 N–H and O–H groups in total. The summed E-state index contributed by atoms with van der Waals surface area (Å²) in [5.74, 6) is 7.00. The number of rotatable bonds is 6. The van der Waals surface area contributed by atoms with Crippen molar-refractivity contribution in [2.75, 3.05) is 11.3 Å². The van der Waals surface area contributed by atoms with E-state index in [9.17, 15) is 0 Å². The van der Waals surface area contributed by atoms with Gasteiger partial charge >= 0.3 is 0 Å². The number of hydrazone groups is 1. The Morgan fingerprint density at radius 3 is 2.96 bits per heavy atom. The minimum absolute atomic E-state index is 0.375. The molecule has 0 aliphatic heterocycles. The van der Waals surface area contributed by atoms with E-state index in [1.54, 1.807) is 17.6 Å². The summed E-state index contributed by atoms with van der Waals surface area (Å²) in [6, 6.07) is 11.6. The molecule has 2 aromatic heterocycles. The van der Waals surface area contributed by atoms with E-state index in [0.29, 0.717) is 16.9 Å². The van der Waals surface area contributed by atoms with Crippen molar-refractivity contribution in [2.24, 2.45) is 5.10 Å². The number of hydrogen-bond donors (Lipinski definition) is 2. The molecule has 0 unspecified atom stereocenters. The number of nitrogens with zero attached hydrogens (tertiary/aromatic N) is 4. The number of hydrogen-bond acceptors (Lipinski definition) is 7. The first kappa shape index (κ1) is 15.9. The Labute approximate surface area is 146 Å². The molecule has 0 saturated heterocycles. The zero-order chi connectivity index (χ0) is 16.1. The van der Waals surface area contributed by atoms with Crippen LogP contribution in [0.5, 0.6) is 0 Å². The van der Waals surface area contributed by atoms with Gasteiger partial charge < -0.3 is 5.84 Å². The summed E-state index contributed by atoms with van der Waals surface area (Å²) in [4.78, 5) is 1.04. The van der Waals surface area contributed by atoms with E-state index in [1.807, 2.05) is 41.8 Å². The molecule has 9 heteroatoms. The first-order valence-electron chi connectivity index (χ1n) is 6.63. The van der Waals surface area contributed by atoms with Crippen LogP contribution in [0.1, 0.15) is 10.4 Å². The predicted octanol–water partition coefficient (Wildman–Crippen LogP) is 3.45. The smallest absolute Gasteiger partial charge is 0.264 e. The Kier molecular flexibility index (Phi) is 5.16. The highest BCUT2D eigenvalue weighted by Crippen LogP contribution is 2.25. The van der Waals surface area contributed by atoms with Gasteiger partial charge in [0.2, 0.25) is 5.16 Å². The number of halogens is 1. The lowest BCUT2D eigenvalue weighted by Gasteiger charge is -2.04. The van der Waals surface area contributed by atoms with Gasteiger partial charge in [0.1, 0.15) is 0 Å². The van der Waals surface area contributed by atoms with Crippen molar-refractivity contribution >= 4 is 46.9 Å². The normalized spacial score (nSPS) is 11.2. The third-order valence-corrected chi connectivity index (χ3v) is 5.05. The maximum absolute atomic E-state index is 6.13. The van der Waals surface area contributed by atoms with Crippen LogP contribution in [0.2, 0.25) is 5.02 Å². The van der Waals surface area contributed by atoms with Crippen molar-refractivity contribution in [3.8, 4) is 0 Å². The maximum Gasteiger partial charge on any atom is 0.264 e. The summed E-state index contributed by atoms with van der Waals surface area (Å²) < 4.78 is 1.37. The van der Waals surface area contributed by atoms with Gasteiger partial charge in [-0.15, -0.1) is 21.5 Å². The van der Waals surface area contributed by atoms with Crippen LogP contribution in [-0.2, 0) is 5.75 Å². The SMILES string of the molecule is Nn1c(N/N=C/c2cccs2)nnc1SCc1ccccc1Cl. The minimum Gasteiger partial charge on any atom is -0.334 e. The van der Waals surface area contributed by atoms with Crippen molar-refractivity contribution in [1.82, 2.24) is 14.9 Å². The summed E-state index contributed by atoms with van der Waals surface area (Å²) in [5, 5.41) is 15.4. The lowest BCUT2D eigenvalue weighted by molar-refractivity contribution is 0.847. The summed E-state index contributed by atoms with van der Waals surface area (Å²) in [6.45, 7) is 0. The van der Waals surface area contributed by atoms with E-state index >= 15 is 0 Å². The Bertz CT molecular complexity index is 799. The number of benzene rings is 1. The topological polar surface area (TPSA) is 81.1 Å². The first-order valence-corrected chi connectivity index (χ1v) is 8.87. The number of aromatic nitrogens is 3. The third kappa shape index (κ3) is 4.04. The van der Waals surface area contributed by atoms with Crippen LogP contribution in [0.3, 0.4) is 0 Å². The monoisotopic (exact) mass is 364 g/mol. The Morgan fingerprint density at radius 1 is 1.30 bits per heavy atom. The van der Waals surface area contributed by atoms with Gasteiger partial charge in [0.25, 0.3) is 5.95 Å². The number of nitrogen functional groups attached to an aromatic ring is 1. The molecule has 0 aliphatic rings. The summed E-state index contributed by atoms with van der Waals surface area (Å²) in [7, 11) is 0. The third-order valence-electron chi connectivity index (χ3n) is 2.88. The second-order valence-corrected chi connectivity index (χ2v) is 6.77. The summed E-state index contributed by atoms with van der Waals surface area (Å²) in [6.07, 6.45) is 1.70. The van der Waals surface area contributed by atoms with Gasteiger partial charge in [-0.3, -0.25) is 0 Å². The standard InChI is InChI=1S/C14H13ClN6S2/c15-12-6-2-1-4-10(12)9-23-14-20-19-13(21(14)16)18-17-8-11-5-3-7-22-11/h1-8H,9,16H2,(H,18,19)/b17-8+. The fraction of sp³-hybridized carbons (Fsp3) is 0.0714. The van der Waals surface area contributed by atoms with Crippen molar-refractivity contribution in [3.63, 3.8) is 0 Å². The number of thiophene rings is 1. The number of thioether (sulfide) groups is 1. The van der Waals surface area contributed by atoms with E-state index in [4.69, 9.17) is 17.4 Å². The predicted molar refractivity (Wildman–Crippen MR) is 96.7 cm³/mol. The molecule has 0 bridgehead atoms. The lowest BCUT2D eigenvalue weighted by Crippen LogP contribution is -2.13. The van der Waals surface area contributed by atoms with Gasteiger partial charge in [-0.1, -0.05) is 47.6 Å². The van der Waals surface area contributed by atoms with Gasteiger partial charge in [-0.2, -0.15) is 5.10 Å². The molecular weight excluding hydrogens is 352 g/mol. The molecular formula is C14H13ClN6S2. The van der Waals surface area contributed by atoms with Crippen LogP contribution in [0.25, 0.3) is 0 Å². The van der Waals surface area contributed by atoms with Crippen LogP contribution in [0, 0.1) is 0 Å². The van der Waals surface area contributed by atoms with E-state index < -0.39 is 0 Å². The fourth-order valence-corrected chi connectivity index (χ4v) is 3.46. The van der Waals surface area contributed by atoms with Crippen LogP contribution < -0.4 is 11.3 Å². The molecule has 0 amide bonds. The largest absolute Gasteiger partial charge is 0.334 e. The Morgan fingerprint density at radius 2 is 2.17 bits per heavy atom. The molecule has 3 rings (SSSR count). The first-order chi connectivity index (χ1) is 11.2. The highest BCUT2D eigenvalue weighted by Gasteiger charge is 2.10. The molecule has 118 valence electrons. The van der Waals surface area contributed by atoms with Crippen LogP contribution in [-0.4, -0.2) is 21.1 Å². The van der Waals surface area contributed by atoms with E-state index in [2.05, 4.69) is 20.7 Å². The van der Waals surface area contributed by atoms with Crippen molar-refractivity contribution in [1.29, 1.82) is 0 Å². The molecule has 23 heavy (non-hydrogen) atoms. The molecule has 0 atom stereocenters. The average Bonchev–Trinajstić information content (AvgIpc) is 3.18. The molecule has 1 aromatic carbocycles. The van der Waals surface area contributed by atoms with Crippen LogP contribution in [0.4, 0.5) is 5.95 Å². The summed E-state index contributed by atoms with van der Waals surface area (Å²) >= 11 is 9.19. The van der Waals surface area contributed by atoms with E-state index in [1.165, 1.54) is 16.4 Å². The van der Waals surface area contributed by atoms with Crippen molar-refractivity contribution < 1.29 is 0 Å². The molecule has 0 fully saturated rings. The van der Waals surface area contributed by atoms with Crippen molar-refractivity contribution in [2.45, 2.75) is 10.9 Å². The number of nitrogens with two attached hydrogens (primary N) is 1. The van der Waals surface area contributed by atoms with E-state index in [-0.39, 0.29) is 0 Å². The van der Waals surface area contributed by atoms with Gasteiger partial charge in [0.15, 0.2) is 0 Å². The van der Waals surface area contributed by atoms with Gasteiger partial charge in [0.05, 0.1) is 6.21 Å². The zero-order valence-electron chi connectivity index (χ0n) is 11.9. The molecule has 0 saturated carbocycles. The Balaban J connectivity index is 1.61. The van der Waals surface area contributed by atoms with Crippen molar-refractivity contribution in [3.05, 3.63) is 57.2 Å². The molecule has 2 heterocycles. The van der Waals surface area contributed by atoms with Gasteiger partial charge in [0, 0.05) is 15.7 Å². The number of anilines is 1. The minimum atomic E-state index is 0.375. The quantitative estimate of drug-likeness (QED) is 0.303. The second-order valence-electron chi connectivity index (χ2n) is 4.44. The summed E-state index contributed by atoms with van der Waals surface area (Å²) in [5.41, 5.74) is 3.80. The molecule has 3 aromatic rings. The zero-order valence-corrected chi connectivity index (χ0v) is 14.3. The van der Waals surface area contributed by atoms with Gasteiger partial charge in [-0.25, -0.2) is 10.1 Å². The van der Waals surface area contributed by atoms with E-state index in [0.717, 1.165) is 15.5 Å². The second kappa shape index (κ2) is 7.49. The Hall–Kier alpha value is -2.03. The fourth-order valence-electron chi connectivity index (χ4n) is 1.73.